The summed E-state index contributed by atoms with van der Waals surface area (Å²) in [6, 6.07) is 23.9. The minimum atomic E-state index is -0.461. The second-order valence-electron chi connectivity index (χ2n) is 8.01. The van der Waals surface area contributed by atoms with Gasteiger partial charge in [0, 0.05) is 5.69 Å². The van der Waals surface area contributed by atoms with Crippen molar-refractivity contribution in [1.29, 1.82) is 0 Å². The molecule has 4 rings (SSSR count). The Balaban J connectivity index is 1.37. The molecule has 3 aromatic carbocycles. The lowest BCUT2D eigenvalue weighted by molar-refractivity contribution is -0.144. The molecule has 0 aliphatic carbocycles. The van der Waals surface area contributed by atoms with Crippen molar-refractivity contribution < 1.29 is 14.3 Å². The molecule has 0 bridgehead atoms. The third-order valence-electron chi connectivity index (χ3n) is 5.35. The van der Waals surface area contributed by atoms with E-state index in [4.69, 9.17) is 9.72 Å². The Hall–Kier alpha value is -3.58. The van der Waals surface area contributed by atoms with Gasteiger partial charge in [0.25, 0.3) is 5.91 Å². The molecule has 6 nitrogen and oxygen atoms in total. The molecular formula is C27H27N3O3S. The first-order valence-electron chi connectivity index (χ1n) is 11.2. The smallest absolute Gasteiger partial charge is 0.316 e. The van der Waals surface area contributed by atoms with Gasteiger partial charge in [-0.15, -0.1) is 0 Å². The number of esters is 1. The number of hydrogen-bond donors (Lipinski definition) is 1. The van der Waals surface area contributed by atoms with Crippen LogP contribution in [0.4, 0.5) is 5.69 Å². The minimum absolute atomic E-state index is 0.0652. The van der Waals surface area contributed by atoms with Gasteiger partial charge in [-0.3, -0.25) is 9.59 Å². The van der Waals surface area contributed by atoms with E-state index >= 15 is 0 Å². The summed E-state index contributed by atoms with van der Waals surface area (Å²) in [6.07, 6.45) is 0.880. The fraction of sp³-hybridized carbons (Fsp3) is 0.222. The van der Waals surface area contributed by atoms with Crippen LogP contribution in [0, 0.1) is 6.92 Å². The van der Waals surface area contributed by atoms with E-state index in [1.807, 2.05) is 54.6 Å². The van der Waals surface area contributed by atoms with Crippen molar-refractivity contribution in [3.05, 3.63) is 89.5 Å². The van der Waals surface area contributed by atoms with E-state index in [9.17, 15) is 9.59 Å². The Morgan fingerprint density at radius 3 is 2.62 bits per heavy atom. The number of thioether (sulfide) groups is 1. The molecule has 1 aromatic heterocycles. The number of aryl methyl sites for hydroxylation is 2. The zero-order chi connectivity index (χ0) is 23.9. The number of carbonyl (C=O) groups excluding carboxylic acids is 2. The zero-order valence-electron chi connectivity index (χ0n) is 19.3. The van der Waals surface area contributed by atoms with Crippen LogP contribution >= 0.6 is 11.8 Å². The average Bonchev–Trinajstić information content (AvgIpc) is 3.19. The van der Waals surface area contributed by atoms with E-state index in [1.165, 1.54) is 17.3 Å². The maximum absolute atomic E-state index is 12.3. The van der Waals surface area contributed by atoms with Crippen molar-refractivity contribution in [2.75, 3.05) is 17.7 Å². The van der Waals surface area contributed by atoms with Crippen LogP contribution in [-0.4, -0.2) is 33.8 Å². The maximum Gasteiger partial charge on any atom is 0.316 e. The van der Waals surface area contributed by atoms with E-state index < -0.39 is 5.97 Å². The number of nitrogens with zero attached hydrogens (tertiary/aromatic N) is 2. The molecule has 0 aliphatic rings. The van der Waals surface area contributed by atoms with Crippen molar-refractivity contribution in [3.8, 4) is 0 Å². The van der Waals surface area contributed by atoms with Gasteiger partial charge in [-0.1, -0.05) is 72.8 Å². The third kappa shape index (κ3) is 6.05. The highest BCUT2D eigenvalue weighted by atomic mass is 32.2. The molecule has 0 unspecified atom stereocenters. The lowest BCUT2D eigenvalue weighted by Gasteiger charge is -2.10. The number of anilines is 1. The quantitative estimate of drug-likeness (QED) is 0.266. The molecular weight excluding hydrogens is 446 g/mol. The summed E-state index contributed by atoms with van der Waals surface area (Å²) in [5, 5.41) is 3.50. The van der Waals surface area contributed by atoms with Gasteiger partial charge in [-0.05, 0) is 48.7 Å². The molecule has 0 radical (unpaired) electrons. The Kier molecular flexibility index (Phi) is 7.65. The molecule has 1 N–H and O–H groups in total. The van der Waals surface area contributed by atoms with E-state index in [2.05, 4.69) is 41.9 Å². The highest BCUT2D eigenvalue weighted by Crippen LogP contribution is 2.25. The van der Waals surface area contributed by atoms with Crippen LogP contribution in [0.15, 0.2) is 78.0 Å². The number of amides is 1. The van der Waals surface area contributed by atoms with Gasteiger partial charge in [-0.25, -0.2) is 4.98 Å². The number of imidazole rings is 1. The number of ether oxygens (including phenoxy) is 1. The van der Waals surface area contributed by atoms with Crippen LogP contribution in [0.2, 0.25) is 0 Å². The first kappa shape index (κ1) is 23.6. The van der Waals surface area contributed by atoms with E-state index in [-0.39, 0.29) is 18.3 Å². The van der Waals surface area contributed by atoms with Gasteiger partial charge < -0.3 is 14.6 Å². The van der Waals surface area contributed by atoms with Crippen LogP contribution in [0.1, 0.15) is 23.6 Å². The van der Waals surface area contributed by atoms with Crippen molar-refractivity contribution >= 4 is 40.4 Å². The summed E-state index contributed by atoms with van der Waals surface area (Å²) in [7, 11) is 0. The zero-order valence-corrected chi connectivity index (χ0v) is 20.1. The van der Waals surface area contributed by atoms with Gasteiger partial charge in [0.15, 0.2) is 11.8 Å². The standard InChI is InChI=1S/C27H27N3O3S/c1-3-20-9-7-11-22(15-20)28-25(31)17-33-26(32)18-34-27-29-23-12-4-5-13-24(23)30(27)16-21-10-6-8-19(2)14-21/h4-15H,3,16-18H2,1-2H3,(H,28,31). The van der Waals surface area contributed by atoms with Gasteiger partial charge in [0.05, 0.1) is 23.3 Å². The summed E-state index contributed by atoms with van der Waals surface area (Å²) >= 11 is 1.31. The lowest BCUT2D eigenvalue weighted by atomic mass is 10.1. The highest BCUT2D eigenvalue weighted by molar-refractivity contribution is 7.99. The minimum Gasteiger partial charge on any atom is -0.455 e. The van der Waals surface area contributed by atoms with Crippen molar-refractivity contribution in [2.45, 2.75) is 32.0 Å². The SMILES string of the molecule is CCc1cccc(NC(=O)COC(=O)CSc2nc3ccccc3n2Cc2cccc(C)c2)c1. The molecule has 4 aromatic rings. The van der Waals surface area contributed by atoms with Crippen molar-refractivity contribution in [3.63, 3.8) is 0 Å². The van der Waals surface area contributed by atoms with Gasteiger partial charge in [0.2, 0.25) is 0 Å². The molecule has 0 atom stereocenters. The Bertz CT molecular complexity index is 1320. The maximum atomic E-state index is 12.3. The van der Waals surface area contributed by atoms with E-state index in [1.54, 1.807) is 0 Å². The summed E-state index contributed by atoms with van der Waals surface area (Å²) < 4.78 is 7.30. The van der Waals surface area contributed by atoms with E-state index in [0.29, 0.717) is 12.2 Å². The fourth-order valence-electron chi connectivity index (χ4n) is 3.69. The predicted molar refractivity (Wildman–Crippen MR) is 136 cm³/mol. The molecule has 1 heterocycles. The summed E-state index contributed by atoms with van der Waals surface area (Å²) in [5.74, 6) is -0.759. The average molecular weight is 474 g/mol. The molecule has 34 heavy (non-hydrogen) atoms. The third-order valence-corrected chi connectivity index (χ3v) is 6.29. The molecule has 0 saturated carbocycles. The van der Waals surface area contributed by atoms with Crippen LogP contribution in [0.25, 0.3) is 11.0 Å². The molecule has 7 heteroatoms. The molecule has 174 valence electrons. The molecule has 0 spiro atoms. The van der Waals surface area contributed by atoms with Gasteiger partial charge in [-0.2, -0.15) is 0 Å². The lowest BCUT2D eigenvalue weighted by Crippen LogP contribution is -2.21. The Labute approximate surface area is 203 Å². The largest absolute Gasteiger partial charge is 0.455 e. The first-order chi connectivity index (χ1) is 16.5. The number of carbonyl (C=O) groups is 2. The number of aromatic nitrogens is 2. The second-order valence-corrected chi connectivity index (χ2v) is 8.95. The van der Waals surface area contributed by atoms with Crippen molar-refractivity contribution in [1.82, 2.24) is 9.55 Å². The molecule has 0 saturated heterocycles. The Morgan fingerprint density at radius 2 is 1.79 bits per heavy atom. The fourth-order valence-corrected chi connectivity index (χ4v) is 4.50. The summed E-state index contributed by atoms with van der Waals surface area (Å²) in [4.78, 5) is 29.2. The Morgan fingerprint density at radius 1 is 1.00 bits per heavy atom. The first-order valence-corrected chi connectivity index (χ1v) is 12.2. The predicted octanol–water partition coefficient (Wildman–Crippen LogP) is 5.23. The van der Waals surface area contributed by atoms with Crippen LogP contribution in [0.5, 0.6) is 0 Å². The second kappa shape index (κ2) is 11.0. The van der Waals surface area contributed by atoms with Gasteiger partial charge >= 0.3 is 5.97 Å². The van der Waals surface area contributed by atoms with Crippen LogP contribution in [-0.2, 0) is 27.3 Å². The monoisotopic (exact) mass is 473 g/mol. The summed E-state index contributed by atoms with van der Waals surface area (Å²) in [6.45, 7) is 4.45. The number of hydrogen-bond acceptors (Lipinski definition) is 5. The highest BCUT2D eigenvalue weighted by Gasteiger charge is 2.15. The van der Waals surface area contributed by atoms with E-state index in [0.717, 1.165) is 33.7 Å². The molecule has 1 amide bonds. The summed E-state index contributed by atoms with van der Waals surface area (Å²) in [5.41, 5.74) is 6.06. The van der Waals surface area contributed by atoms with Crippen LogP contribution in [0.3, 0.4) is 0 Å². The number of nitrogens with one attached hydrogen (secondary N) is 1. The molecule has 0 fully saturated rings. The van der Waals surface area contributed by atoms with Gasteiger partial charge in [0.1, 0.15) is 0 Å². The number of fused-ring (bicyclic) bond motifs is 1. The molecule has 0 aliphatic heterocycles. The normalized spacial score (nSPS) is 10.9. The van der Waals surface area contributed by atoms with Crippen LogP contribution < -0.4 is 5.32 Å². The topological polar surface area (TPSA) is 73.2 Å². The number of benzene rings is 3. The number of rotatable bonds is 9. The van der Waals surface area contributed by atoms with Crippen molar-refractivity contribution in [2.24, 2.45) is 0 Å². The number of para-hydroxylation sites is 2.